The minimum atomic E-state index is -0.167. The van der Waals surface area contributed by atoms with Crippen LogP contribution in [0.4, 0.5) is 5.82 Å². The Bertz CT molecular complexity index is 1410. The van der Waals surface area contributed by atoms with Gasteiger partial charge in [0.25, 0.3) is 11.5 Å². The number of rotatable bonds is 5. The molecule has 0 spiro atoms. The number of nitrogens with zero attached hydrogens (tertiary/aromatic N) is 4. The summed E-state index contributed by atoms with van der Waals surface area (Å²) in [6, 6.07) is 13.9. The molecule has 1 aromatic carbocycles. The molecule has 36 heavy (non-hydrogen) atoms. The highest BCUT2D eigenvalue weighted by Gasteiger charge is 2.33. The Morgan fingerprint density at radius 3 is 2.53 bits per heavy atom. The number of thioether (sulfide) groups is 1. The normalized spacial score (nSPS) is 21.7. The lowest BCUT2D eigenvalue weighted by atomic mass is 9.91. The van der Waals surface area contributed by atoms with Crippen molar-refractivity contribution in [3.05, 3.63) is 80.6 Å². The van der Waals surface area contributed by atoms with E-state index in [2.05, 4.69) is 18.7 Å². The van der Waals surface area contributed by atoms with Crippen LogP contribution in [0.1, 0.15) is 37.0 Å². The van der Waals surface area contributed by atoms with Crippen molar-refractivity contribution >= 4 is 51.7 Å². The molecule has 0 unspecified atom stereocenters. The number of hydrogen-bond acceptors (Lipinski definition) is 6. The average molecular weight is 519 g/mol. The lowest BCUT2D eigenvalue weighted by Crippen LogP contribution is -2.40. The fraction of sp³-hybridized carbons (Fsp3) is 0.357. The molecule has 0 radical (unpaired) electrons. The number of carbonyl (C=O) groups is 1. The van der Waals surface area contributed by atoms with Gasteiger partial charge in [0, 0.05) is 25.8 Å². The van der Waals surface area contributed by atoms with Crippen molar-refractivity contribution in [1.29, 1.82) is 0 Å². The van der Waals surface area contributed by atoms with Crippen LogP contribution in [-0.2, 0) is 11.2 Å². The molecule has 5 rings (SSSR count). The molecule has 3 aromatic rings. The molecule has 0 bridgehead atoms. The second-order valence-electron chi connectivity index (χ2n) is 10.0. The highest BCUT2D eigenvalue weighted by atomic mass is 32.2. The van der Waals surface area contributed by atoms with Gasteiger partial charge in [-0.15, -0.1) is 0 Å². The van der Waals surface area contributed by atoms with Gasteiger partial charge < -0.3 is 4.90 Å². The fourth-order valence-corrected chi connectivity index (χ4v) is 6.45. The number of hydrogen-bond donors (Lipinski definition) is 0. The molecule has 2 aliphatic heterocycles. The third-order valence-electron chi connectivity index (χ3n) is 6.77. The molecule has 2 saturated heterocycles. The Morgan fingerprint density at radius 1 is 1.08 bits per heavy atom. The molecule has 186 valence electrons. The fourth-order valence-electron chi connectivity index (χ4n) is 5.16. The Kier molecular flexibility index (Phi) is 6.99. The predicted molar refractivity (Wildman–Crippen MR) is 151 cm³/mol. The molecular formula is C28H30N4O2S2. The highest BCUT2D eigenvalue weighted by molar-refractivity contribution is 8.26. The number of anilines is 1. The van der Waals surface area contributed by atoms with Gasteiger partial charge in [0.1, 0.15) is 15.8 Å². The maximum absolute atomic E-state index is 13.8. The van der Waals surface area contributed by atoms with E-state index in [1.807, 2.05) is 49.4 Å². The van der Waals surface area contributed by atoms with Crippen LogP contribution in [0.5, 0.6) is 0 Å². The Hall–Kier alpha value is -2.97. The summed E-state index contributed by atoms with van der Waals surface area (Å²) in [5, 5.41) is 0. The summed E-state index contributed by atoms with van der Waals surface area (Å²) >= 11 is 6.82. The van der Waals surface area contributed by atoms with E-state index in [1.54, 1.807) is 21.6 Å². The molecule has 2 atom stereocenters. The number of carbonyl (C=O) groups excluding carboxylic acids is 1. The van der Waals surface area contributed by atoms with E-state index in [9.17, 15) is 9.59 Å². The van der Waals surface area contributed by atoms with Crippen LogP contribution in [0.25, 0.3) is 11.7 Å². The number of aryl methyl sites for hydroxylation is 1. The van der Waals surface area contributed by atoms with Gasteiger partial charge in [-0.1, -0.05) is 74.2 Å². The predicted octanol–water partition coefficient (Wildman–Crippen LogP) is 4.93. The number of piperidine rings is 1. The van der Waals surface area contributed by atoms with E-state index in [4.69, 9.17) is 17.2 Å². The van der Waals surface area contributed by atoms with Gasteiger partial charge in [0.15, 0.2) is 0 Å². The van der Waals surface area contributed by atoms with E-state index < -0.39 is 0 Å². The van der Waals surface area contributed by atoms with Crippen molar-refractivity contribution in [1.82, 2.24) is 14.3 Å². The van der Waals surface area contributed by atoms with Gasteiger partial charge in [-0.25, -0.2) is 4.98 Å². The Labute approximate surface area is 221 Å². The molecule has 2 aromatic heterocycles. The second-order valence-corrected chi connectivity index (χ2v) is 11.7. The smallest absolute Gasteiger partial charge is 0.267 e. The molecule has 0 N–H and O–H groups in total. The third kappa shape index (κ3) is 4.97. The summed E-state index contributed by atoms with van der Waals surface area (Å²) < 4.78 is 2.10. The number of fused-ring (bicyclic) bond motifs is 1. The van der Waals surface area contributed by atoms with Crippen molar-refractivity contribution in [3.8, 4) is 0 Å². The molecular weight excluding hydrogens is 488 g/mol. The molecule has 8 heteroatoms. The van der Waals surface area contributed by atoms with E-state index in [1.165, 1.54) is 11.8 Å². The second kappa shape index (κ2) is 10.2. The lowest BCUT2D eigenvalue weighted by molar-refractivity contribution is -0.122. The third-order valence-corrected chi connectivity index (χ3v) is 8.15. The summed E-state index contributed by atoms with van der Waals surface area (Å²) in [6.45, 7) is 8.59. The summed E-state index contributed by atoms with van der Waals surface area (Å²) in [5.74, 6) is 1.49. The maximum Gasteiger partial charge on any atom is 0.267 e. The minimum Gasteiger partial charge on any atom is -0.355 e. The number of amides is 1. The van der Waals surface area contributed by atoms with Crippen LogP contribution in [0.15, 0.2) is 58.4 Å². The van der Waals surface area contributed by atoms with Gasteiger partial charge in [0.2, 0.25) is 0 Å². The van der Waals surface area contributed by atoms with Crippen LogP contribution in [0.3, 0.4) is 0 Å². The van der Waals surface area contributed by atoms with Crippen molar-refractivity contribution in [2.75, 3.05) is 24.5 Å². The van der Waals surface area contributed by atoms with Crippen molar-refractivity contribution in [3.63, 3.8) is 0 Å². The zero-order chi connectivity index (χ0) is 25.4. The zero-order valence-corrected chi connectivity index (χ0v) is 22.4. The monoisotopic (exact) mass is 518 g/mol. The molecule has 2 aliphatic rings. The molecule has 0 aliphatic carbocycles. The van der Waals surface area contributed by atoms with Crippen LogP contribution < -0.4 is 10.5 Å². The first-order valence-electron chi connectivity index (χ1n) is 12.4. The quantitative estimate of drug-likeness (QED) is 0.353. The van der Waals surface area contributed by atoms with Gasteiger partial charge in [-0.3, -0.25) is 18.9 Å². The number of pyridine rings is 1. The molecule has 1 amide bonds. The summed E-state index contributed by atoms with van der Waals surface area (Å²) in [5.41, 5.74) is 3.01. The van der Waals surface area contributed by atoms with Gasteiger partial charge >= 0.3 is 0 Å². The summed E-state index contributed by atoms with van der Waals surface area (Å²) in [6.07, 6.45) is 5.38. The first kappa shape index (κ1) is 24.7. The topological polar surface area (TPSA) is 57.9 Å². The molecule has 6 nitrogen and oxygen atoms in total. The van der Waals surface area contributed by atoms with Crippen LogP contribution in [0.2, 0.25) is 0 Å². The van der Waals surface area contributed by atoms with Crippen molar-refractivity contribution < 1.29 is 4.79 Å². The first-order chi connectivity index (χ1) is 17.3. The van der Waals surface area contributed by atoms with Crippen LogP contribution in [-0.4, -0.2) is 44.1 Å². The maximum atomic E-state index is 13.8. The SMILES string of the molecule is Cc1ccc2nc(N3C[C@H](C)C[C@H](C)C3)c(/C=C3\SC(=S)N(CCc4ccccc4)C3=O)c(=O)n2c1. The summed E-state index contributed by atoms with van der Waals surface area (Å²) in [4.78, 5) is 36.4. The summed E-state index contributed by atoms with van der Waals surface area (Å²) in [7, 11) is 0. The largest absolute Gasteiger partial charge is 0.355 e. The van der Waals surface area contributed by atoms with E-state index in [0.717, 1.165) is 37.1 Å². The number of benzene rings is 1. The number of thiocarbonyl (C=S) groups is 1. The molecule has 2 fully saturated rings. The van der Waals surface area contributed by atoms with Crippen LogP contribution >= 0.6 is 24.0 Å². The Morgan fingerprint density at radius 2 is 1.81 bits per heavy atom. The van der Waals surface area contributed by atoms with Gasteiger partial charge in [0.05, 0.1) is 10.5 Å². The van der Waals surface area contributed by atoms with Crippen LogP contribution in [0, 0.1) is 18.8 Å². The lowest BCUT2D eigenvalue weighted by Gasteiger charge is -2.36. The minimum absolute atomic E-state index is 0.152. The molecule has 4 heterocycles. The standard InChI is InChI=1S/C28H30N4O2S2/c1-18-9-10-24-29-25(30-15-19(2)13-20(3)16-30)22(26(33)32(24)17-18)14-23-27(34)31(28(35)36-23)12-11-21-7-5-4-6-8-21/h4-10,14,17,19-20H,11-13,15-16H2,1-3H3/b23-14-/t19-,20+. The average Bonchev–Trinajstić information content (AvgIpc) is 3.11. The van der Waals surface area contributed by atoms with E-state index >= 15 is 0 Å². The Balaban J connectivity index is 1.53. The first-order valence-corrected chi connectivity index (χ1v) is 13.6. The van der Waals surface area contributed by atoms with E-state index in [-0.39, 0.29) is 11.5 Å². The van der Waals surface area contributed by atoms with Gasteiger partial charge in [-0.05, 0) is 54.9 Å². The van der Waals surface area contributed by atoms with Crippen molar-refractivity contribution in [2.24, 2.45) is 11.8 Å². The molecule has 0 saturated carbocycles. The van der Waals surface area contributed by atoms with E-state index in [0.29, 0.717) is 44.6 Å². The van der Waals surface area contributed by atoms with Crippen molar-refractivity contribution in [2.45, 2.75) is 33.6 Å². The highest BCUT2D eigenvalue weighted by Crippen LogP contribution is 2.34. The number of aromatic nitrogens is 2. The zero-order valence-electron chi connectivity index (χ0n) is 20.8. The van der Waals surface area contributed by atoms with Gasteiger partial charge in [-0.2, -0.15) is 0 Å².